The van der Waals surface area contributed by atoms with E-state index < -0.39 is 0 Å². The molecule has 21 heavy (non-hydrogen) atoms. The standard InChI is InChI=1S/C17H23N3O/c1-4-8-19-9-11-20(12-10-19)13-17(21)18-16-7-5-6-14(2)15(16)3/h1,5-7H,8-13H2,2-3H3,(H,18,21). The van der Waals surface area contributed by atoms with Gasteiger partial charge in [-0.3, -0.25) is 14.6 Å². The molecule has 0 spiro atoms. The van der Waals surface area contributed by atoms with Crippen molar-refractivity contribution in [1.29, 1.82) is 0 Å². The predicted molar refractivity (Wildman–Crippen MR) is 86.3 cm³/mol. The van der Waals surface area contributed by atoms with E-state index in [1.54, 1.807) is 0 Å². The zero-order chi connectivity index (χ0) is 15.2. The van der Waals surface area contributed by atoms with E-state index in [4.69, 9.17) is 6.42 Å². The number of piperazine rings is 1. The molecule has 0 atom stereocenters. The Hall–Kier alpha value is -1.83. The second-order valence-electron chi connectivity index (χ2n) is 5.55. The molecule has 0 saturated carbocycles. The van der Waals surface area contributed by atoms with Crippen molar-refractivity contribution in [3.8, 4) is 12.3 Å². The summed E-state index contributed by atoms with van der Waals surface area (Å²) in [5, 5.41) is 3.01. The summed E-state index contributed by atoms with van der Waals surface area (Å²) in [6, 6.07) is 5.97. The molecule has 0 unspecified atom stereocenters. The zero-order valence-electron chi connectivity index (χ0n) is 12.9. The third-order valence-electron chi connectivity index (χ3n) is 4.03. The lowest BCUT2D eigenvalue weighted by Crippen LogP contribution is -2.48. The van der Waals surface area contributed by atoms with Crippen LogP contribution in [0, 0.1) is 26.2 Å². The lowest BCUT2D eigenvalue weighted by molar-refractivity contribution is -0.117. The summed E-state index contributed by atoms with van der Waals surface area (Å²) in [6.07, 6.45) is 5.32. The van der Waals surface area contributed by atoms with Gasteiger partial charge in [-0.2, -0.15) is 0 Å². The van der Waals surface area contributed by atoms with Crippen molar-refractivity contribution >= 4 is 11.6 Å². The average Bonchev–Trinajstić information content (AvgIpc) is 2.46. The van der Waals surface area contributed by atoms with E-state index >= 15 is 0 Å². The molecule has 0 aromatic heterocycles. The molecule has 1 aromatic carbocycles. The monoisotopic (exact) mass is 285 g/mol. The predicted octanol–water partition coefficient (Wildman–Crippen LogP) is 1.49. The number of hydrogen-bond acceptors (Lipinski definition) is 3. The molecule has 0 radical (unpaired) electrons. The van der Waals surface area contributed by atoms with Crippen LogP contribution in [-0.2, 0) is 4.79 Å². The topological polar surface area (TPSA) is 35.6 Å². The van der Waals surface area contributed by atoms with Gasteiger partial charge in [0.25, 0.3) is 0 Å². The molecule has 1 aromatic rings. The van der Waals surface area contributed by atoms with Gasteiger partial charge in [0.2, 0.25) is 5.91 Å². The van der Waals surface area contributed by atoms with Gasteiger partial charge in [-0.15, -0.1) is 6.42 Å². The Balaban J connectivity index is 1.83. The highest BCUT2D eigenvalue weighted by Gasteiger charge is 2.18. The highest BCUT2D eigenvalue weighted by molar-refractivity contribution is 5.93. The van der Waals surface area contributed by atoms with E-state index in [0.717, 1.165) is 37.4 Å². The first-order valence-corrected chi connectivity index (χ1v) is 7.34. The Morgan fingerprint density at radius 1 is 1.24 bits per heavy atom. The van der Waals surface area contributed by atoms with Gasteiger partial charge in [-0.05, 0) is 31.0 Å². The fraction of sp³-hybridized carbons (Fsp3) is 0.471. The number of nitrogens with one attached hydrogen (secondary N) is 1. The van der Waals surface area contributed by atoms with Gasteiger partial charge in [0.1, 0.15) is 0 Å². The number of benzene rings is 1. The van der Waals surface area contributed by atoms with Crippen molar-refractivity contribution in [2.75, 3.05) is 44.6 Å². The molecule has 0 bridgehead atoms. The summed E-state index contributed by atoms with van der Waals surface area (Å²) in [7, 11) is 0. The van der Waals surface area contributed by atoms with Crippen LogP contribution in [0.3, 0.4) is 0 Å². The molecule has 1 heterocycles. The van der Waals surface area contributed by atoms with Crippen molar-refractivity contribution in [1.82, 2.24) is 9.80 Å². The van der Waals surface area contributed by atoms with Crippen LogP contribution >= 0.6 is 0 Å². The summed E-state index contributed by atoms with van der Waals surface area (Å²) in [4.78, 5) is 16.6. The molecule has 1 saturated heterocycles. The Labute approximate surface area is 127 Å². The molecule has 1 aliphatic rings. The van der Waals surface area contributed by atoms with Crippen LogP contribution in [0.4, 0.5) is 5.69 Å². The molecule has 1 fully saturated rings. The van der Waals surface area contributed by atoms with Gasteiger partial charge in [-0.25, -0.2) is 0 Å². The maximum atomic E-state index is 12.2. The van der Waals surface area contributed by atoms with E-state index in [1.165, 1.54) is 5.56 Å². The summed E-state index contributed by atoms with van der Waals surface area (Å²) in [6.45, 7) is 8.87. The molecule has 1 amide bonds. The molecule has 2 rings (SSSR count). The fourth-order valence-electron chi connectivity index (χ4n) is 2.51. The number of carbonyl (C=O) groups excluding carboxylic acids is 1. The number of anilines is 1. The quantitative estimate of drug-likeness (QED) is 0.852. The number of carbonyl (C=O) groups is 1. The average molecular weight is 285 g/mol. The van der Waals surface area contributed by atoms with Gasteiger partial charge in [0.15, 0.2) is 0 Å². The minimum atomic E-state index is 0.0501. The zero-order valence-corrected chi connectivity index (χ0v) is 12.9. The molecule has 112 valence electrons. The normalized spacial score (nSPS) is 16.4. The van der Waals surface area contributed by atoms with Crippen LogP contribution in [0.25, 0.3) is 0 Å². The minimum Gasteiger partial charge on any atom is -0.325 e. The molecule has 4 nitrogen and oxygen atoms in total. The van der Waals surface area contributed by atoms with Crippen molar-refractivity contribution in [2.24, 2.45) is 0 Å². The van der Waals surface area contributed by atoms with Crippen molar-refractivity contribution in [2.45, 2.75) is 13.8 Å². The van der Waals surface area contributed by atoms with Crippen molar-refractivity contribution in [3.05, 3.63) is 29.3 Å². The molecule has 1 N–H and O–H groups in total. The van der Waals surface area contributed by atoms with Crippen molar-refractivity contribution in [3.63, 3.8) is 0 Å². The molecule has 1 aliphatic heterocycles. The Morgan fingerprint density at radius 3 is 2.57 bits per heavy atom. The van der Waals surface area contributed by atoms with E-state index in [-0.39, 0.29) is 5.91 Å². The van der Waals surface area contributed by atoms with E-state index in [0.29, 0.717) is 13.1 Å². The first kappa shape index (κ1) is 15.6. The molecular formula is C17H23N3O. The molecule has 0 aliphatic carbocycles. The number of terminal acetylenes is 1. The van der Waals surface area contributed by atoms with E-state index in [2.05, 4.69) is 34.0 Å². The maximum absolute atomic E-state index is 12.2. The molecule has 4 heteroatoms. The number of rotatable bonds is 4. The number of nitrogens with zero attached hydrogens (tertiary/aromatic N) is 2. The van der Waals surface area contributed by atoms with Gasteiger partial charge < -0.3 is 5.32 Å². The second-order valence-corrected chi connectivity index (χ2v) is 5.55. The SMILES string of the molecule is C#CCN1CCN(CC(=O)Nc2cccc(C)c2C)CC1. The van der Waals surface area contributed by atoms with Crippen LogP contribution < -0.4 is 5.32 Å². The third-order valence-corrected chi connectivity index (χ3v) is 4.03. The minimum absolute atomic E-state index is 0.0501. The Kier molecular flexibility index (Phi) is 5.38. The highest BCUT2D eigenvalue weighted by atomic mass is 16.2. The lowest BCUT2D eigenvalue weighted by atomic mass is 10.1. The van der Waals surface area contributed by atoms with Gasteiger partial charge in [0, 0.05) is 31.9 Å². The number of amides is 1. The Morgan fingerprint density at radius 2 is 1.90 bits per heavy atom. The van der Waals surface area contributed by atoms with Crippen LogP contribution in [-0.4, -0.2) is 55.0 Å². The summed E-state index contributed by atoms with van der Waals surface area (Å²) in [5.74, 6) is 2.72. The van der Waals surface area contributed by atoms with Gasteiger partial charge in [0.05, 0.1) is 13.1 Å². The van der Waals surface area contributed by atoms with E-state index in [9.17, 15) is 4.79 Å². The highest BCUT2D eigenvalue weighted by Crippen LogP contribution is 2.17. The first-order valence-electron chi connectivity index (χ1n) is 7.34. The van der Waals surface area contributed by atoms with Crippen LogP contribution in [0.5, 0.6) is 0 Å². The largest absolute Gasteiger partial charge is 0.325 e. The summed E-state index contributed by atoms with van der Waals surface area (Å²) in [5.41, 5.74) is 3.23. The van der Waals surface area contributed by atoms with Crippen molar-refractivity contribution < 1.29 is 4.79 Å². The van der Waals surface area contributed by atoms with Crippen LogP contribution in [0.1, 0.15) is 11.1 Å². The van der Waals surface area contributed by atoms with Gasteiger partial charge in [-0.1, -0.05) is 18.1 Å². The fourth-order valence-corrected chi connectivity index (χ4v) is 2.51. The maximum Gasteiger partial charge on any atom is 0.238 e. The lowest BCUT2D eigenvalue weighted by Gasteiger charge is -2.33. The Bertz CT molecular complexity index is 539. The third kappa shape index (κ3) is 4.32. The van der Waals surface area contributed by atoms with E-state index in [1.807, 2.05) is 19.1 Å². The molecular weight excluding hydrogens is 262 g/mol. The summed E-state index contributed by atoms with van der Waals surface area (Å²) < 4.78 is 0. The number of hydrogen-bond donors (Lipinski definition) is 1. The van der Waals surface area contributed by atoms with Crippen LogP contribution in [0.15, 0.2) is 18.2 Å². The smallest absolute Gasteiger partial charge is 0.238 e. The second kappa shape index (κ2) is 7.26. The number of aryl methyl sites for hydroxylation is 1. The van der Waals surface area contributed by atoms with Gasteiger partial charge >= 0.3 is 0 Å². The first-order chi connectivity index (χ1) is 10.1. The van der Waals surface area contributed by atoms with Crippen LogP contribution in [0.2, 0.25) is 0 Å². The summed E-state index contributed by atoms with van der Waals surface area (Å²) >= 11 is 0.